The highest BCUT2D eigenvalue weighted by molar-refractivity contribution is 7.07. The fraction of sp³-hybridized carbons (Fsp3) is 0.385. The maximum Gasteiger partial charge on any atom is 0.298 e. The molecule has 0 atom stereocenters. The lowest BCUT2D eigenvalue weighted by Crippen LogP contribution is -2.12. The molecule has 18 heavy (non-hydrogen) atoms. The Morgan fingerprint density at radius 1 is 1.28 bits per heavy atom. The van der Waals surface area contributed by atoms with Gasteiger partial charge >= 0.3 is 0 Å². The van der Waals surface area contributed by atoms with Gasteiger partial charge in [-0.1, -0.05) is 26.8 Å². The van der Waals surface area contributed by atoms with Crippen LogP contribution in [0.5, 0.6) is 16.7 Å². The molecule has 0 aliphatic rings. The first-order valence-corrected chi connectivity index (χ1v) is 6.46. The Morgan fingerprint density at radius 2 is 2.00 bits per heavy atom. The number of hydrogen-bond donors (Lipinski definition) is 1. The minimum absolute atomic E-state index is 0.0913. The van der Waals surface area contributed by atoms with Crippen LogP contribution < -0.4 is 4.74 Å². The maximum absolute atomic E-state index is 9.60. The molecule has 0 amide bonds. The molecule has 0 saturated heterocycles. The van der Waals surface area contributed by atoms with E-state index in [1.165, 1.54) is 11.5 Å². The smallest absolute Gasteiger partial charge is 0.298 e. The molecule has 1 N–H and O–H groups in total. The van der Waals surface area contributed by atoms with Crippen molar-refractivity contribution in [2.45, 2.75) is 33.1 Å². The maximum atomic E-state index is 9.60. The van der Waals surface area contributed by atoms with Gasteiger partial charge < -0.3 is 9.84 Å². The normalized spacial score (nSPS) is 11.6. The number of phenolic OH excluding ortho intramolecular Hbond substituents is 1. The van der Waals surface area contributed by atoms with Crippen molar-refractivity contribution in [3.63, 3.8) is 0 Å². The van der Waals surface area contributed by atoms with Crippen molar-refractivity contribution in [2.24, 2.45) is 0 Å². The molecule has 0 unspecified atom stereocenters. The lowest BCUT2D eigenvalue weighted by molar-refractivity contribution is 0.443. The number of rotatable bonds is 2. The second-order valence-electron chi connectivity index (χ2n) is 5.14. The predicted octanol–water partition coefficient (Wildman–Crippen LogP) is 3.64. The third-order valence-corrected chi connectivity index (χ3v) is 3.13. The Bertz CT molecular complexity index is 558. The van der Waals surface area contributed by atoms with E-state index < -0.39 is 0 Å². The number of hydrogen-bond acceptors (Lipinski definition) is 5. The predicted molar refractivity (Wildman–Crippen MR) is 71.5 cm³/mol. The molecule has 0 aliphatic heterocycles. The summed E-state index contributed by atoms with van der Waals surface area (Å²) in [5.74, 6) is 1.58. The second kappa shape index (κ2) is 4.57. The van der Waals surface area contributed by atoms with Crippen LogP contribution in [0.3, 0.4) is 0 Å². The van der Waals surface area contributed by atoms with E-state index in [9.17, 15) is 5.11 Å². The fourth-order valence-electron chi connectivity index (χ4n) is 1.36. The first kappa shape index (κ1) is 12.8. The minimum Gasteiger partial charge on any atom is -0.508 e. The molecule has 2 aromatic rings. The van der Waals surface area contributed by atoms with Crippen molar-refractivity contribution in [2.75, 3.05) is 0 Å². The van der Waals surface area contributed by atoms with Gasteiger partial charge in [0.2, 0.25) is 0 Å². The Hall–Kier alpha value is -1.62. The number of ether oxygens (including phenoxy) is 1. The zero-order valence-electron chi connectivity index (χ0n) is 10.9. The molecule has 4 nitrogen and oxygen atoms in total. The third kappa shape index (κ3) is 2.61. The van der Waals surface area contributed by atoms with Gasteiger partial charge in [-0.25, -0.2) is 0 Å². The summed E-state index contributed by atoms with van der Waals surface area (Å²) in [5.41, 5.74) is 0.608. The summed E-state index contributed by atoms with van der Waals surface area (Å²) >= 11 is 1.22. The SMILES string of the molecule is Cc1c(O)cccc1Oc1nc(C(C)(C)C)ns1. The van der Waals surface area contributed by atoms with E-state index in [-0.39, 0.29) is 11.2 Å². The molecule has 1 aromatic heterocycles. The second-order valence-corrected chi connectivity index (χ2v) is 5.85. The minimum atomic E-state index is -0.0913. The van der Waals surface area contributed by atoms with Gasteiger partial charge in [-0.3, -0.25) is 0 Å². The summed E-state index contributed by atoms with van der Waals surface area (Å²) in [5, 5.41) is 10.1. The molecule has 1 heterocycles. The van der Waals surface area contributed by atoms with Crippen LogP contribution in [0.25, 0.3) is 0 Å². The van der Waals surface area contributed by atoms with Crippen LogP contribution in [0.2, 0.25) is 0 Å². The summed E-state index contributed by atoms with van der Waals surface area (Å²) in [7, 11) is 0. The molecule has 96 valence electrons. The van der Waals surface area contributed by atoms with E-state index in [1.54, 1.807) is 25.1 Å². The van der Waals surface area contributed by atoms with E-state index in [0.29, 0.717) is 16.5 Å². The van der Waals surface area contributed by atoms with E-state index in [4.69, 9.17) is 4.74 Å². The Morgan fingerprint density at radius 3 is 2.61 bits per heavy atom. The largest absolute Gasteiger partial charge is 0.508 e. The van der Waals surface area contributed by atoms with Gasteiger partial charge in [-0.05, 0) is 19.1 Å². The van der Waals surface area contributed by atoms with Gasteiger partial charge in [0.1, 0.15) is 11.5 Å². The lowest BCUT2D eigenvalue weighted by atomic mass is 9.96. The van der Waals surface area contributed by atoms with Crippen molar-refractivity contribution < 1.29 is 9.84 Å². The van der Waals surface area contributed by atoms with Crippen LogP contribution >= 0.6 is 11.5 Å². The van der Waals surface area contributed by atoms with E-state index in [0.717, 1.165) is 5.82 Å². The summed E-state index contributed by atoms with van der Waals surface area (Å²) in [6, 6.07) is 5.17. The Balaban J connectivity index is 2.24. The van der Waals surface area contributed by atoms with Gasteiger partial charge in [0.25, 0.3) is 5.19 Å². The molecule has 0 radical (unpaired) electrons. The molecule has 5 heteroatoms. The third-order valence-electron chi connectivity index (χ3n) is 2.53. The van der Waals surface area contributed by atoms with Crippen LogP contribution in [0, 0.1) is 6.92 Å². The van der Waals surface area contributed by atoms with Gasteiger partial charge in [-0.2, -0.15) is 9.36 Å². The molecule has 0 aliphatic carbocycles. The van der Waals surface area contributed by atoms with Crippen LogP contribution in [0.15, 0.2) is 18.2 Å². The lowest BCUT2D eigenvalue weighted by Gasteiger charge is -2.12. The van der Waals surface area contributed by atoms with Crippen LogP contribution in [-0.2, 0) is 5.41 Å². The molecule has 1 aromatic carbocycles. The van der Waals surface area contributed by atoms with Crippen molar-refractivity contribution in [1.82, 2.24) is 9.36 Å². The molecule has 0 fully saturated rings. The highest BCUT2D eigenvalue weighted by Gasteiger charge is 2.20. The molecule has 2 rings (SSSR count). The van der Waals surface area contributed by atoms with Crippen LogP contribution in [-0.4, -0.2) is 14.5 Å². The van der Waals surface area contributed by atoms with E-state index in [2.05, 4.69) is 30.1 Å². The van der Waals surface area contributed by atoms with Gasteiger partial charge in [0.15, 0.2) is 5.82 Å². The number of aromatic hydroxyl groups is 1. The Labute approximate surface area is 110 Å². The fourth-order valence-corrected chi connectivity index (χ4v) is 2.10. The van der Waals surface area contributed by atoms with Gasteiger partial charge in [-0.15, -0.1) is 0 Å². The summed E-state index contributed by atoms with van der Waals surface area (Å²) in [6.07, 6.45) is 0. The number of nitrogens with zero attached hydrogens (tertiary/aromatic N) is 2. The number of phenols is 1. The molecule has 0 bridgehead atoms. The number of benzene rings is 1. The molecule has 0 spiro atoms. The first-order chi connectivity index (χ1) is 8.38. The van der Waals surface area contributed by atoms with Gasteiger partial charge in [0.05, 0.1) is 0 Å². The molecular weight excluding hydrogens is 248 g/mol. The van der Waals surface area contributed by atoms with E-state index in [1.807, 2.05) is 0 Å². The average molecular weight is 264 g/mol. The summed E-state index contributed by atoms with van der Waals surface area (Å²) < 4.78 is 9.93. The number of aromatic nitrogens is 2. The zero-order chi connectivity index (χ0) is 13.3. The van der Waals surface area contributed by atoms with Crippen LogP contribution in [0.1, 0.15) is 32.2 Å². The topological polar surface area (TPSA) is 55.2 Å². The van der Waals surface area contributed by atoms with Crippen molar-refractivity contribution in [1.29, 1.82) is 0 Å². The van der Waals surface area contributed by atoms with Gasteiger partial charge in [0, 0.05) is 22.5 Å². The van der Waals surface area contributed by atoms with Crippen molar-refractivity contribution in [3.05, 3.63) is 29.6 Å². The average Bonchev–Trinajstić information content (AvgIpc) is 2.73. The molecular formula is C13H16N2O2S. The standard InChI is InChI=1S/C13H16N2O2S/c1-8-9(16)6-5-7-10(8)17-12-14-11(15-18-12)13(2,3)4/h5-7,16H,1-4H3. The van der Waals surface area contributed by atoms with E-state index >= 15 is 0 Å². The quantitative estimate of drug-likeness (QED) is 0.899. The zero-order valence-corrected chi connectivity index (χ0v) is 11.7. The Kier molecular flexibility index (Phi) is 3.26. The monoisotopic (exact) mass is 264 g/mol. The molecule has 0 saturated carbocycles. The van der Waals surface area contributed by atoms with Crippen LogP contribution in [0.4, 0.5) is 0 Å². The summed E-state index contributed by atoms with van der Waals surface area (Å²) in [6.45, 7) is 7.96. The first-order valence-electron chi connectivity index (χ1n) is 5.68. The summed E-state index contributed by atoms with van der Waals surface area (Å²) in [4.78, 5) is 4.35. The highest BCUT2D eigenvalue weighted by Crippen LogP contribution is 2.32. The van der Waals surface area contributed by atoms with Crippen molar-refractivity contribution >= 4 is 11.5 Å². The van der Waals surface area contributed by atoms with Crippen molar-refractivity contribution in [3.8, 4) is 16.7 Å². The highest BCUT2D eigenvalue weighted by atomic mass is 32.1.